The summed E-state index contributed by atoms with van der Waals surface area (Å²) >= 11 is 0. The molecular formula is C13H19Cl2N3O. The first-order valence-electron chi connectivity index (χ1n) is 6.09. The Hall–Kier alpha value is -0.970. The highest BCUT2D eigenvalue weighted by Gasteiger charge is 2.32. The van der Waals surface area contributed by atoms with Crippen molar-refractivity contribution in [1.29, 1.82) is 0 Å². The molecule has 1 aromatic carbocycles. The first-order chi connectivity index (χ1) is 8.27. The Labute approximate surface area is 126 Å². The van der Waals surface area contributed by atoms with E-state index >= 15 is 0 Å². The minimum absolute atomic E-state index is 0. The molecule has 0 spiro atoms. The molecule has 6 heteroatoms. The van der Waals surface area contributed by atoms with Gasteiger partial charge in [0, 0.05) is 33.2 Å². The Bertz CT molecular complexity index is 451. The Morgan fingerprint density at radius 3 is 2.37 bits per heavy atom. The number of fused-ring (bicyclic) bond motifs is 1. The molecule has 1 amide bonds. The Balaban J connectivity index is 0.000000902. The van der Waals surface area contributed by atoms with Crippen LogP contribution in [0.2, 0.25) is 0 Å². The van der Waals surface area contributed by atoms with Gasteiger partial charge in [-0.3, -0.25) is 4.79 Å². The summed E-state index contributed by atoms with van der Waals surface area (Å²) in [6.45, 7) is 3.35. The smallest absolute Gasteiger partial charge is 0.232 e. The molecule has 0 radical (unpaired) electrons. The number of benzene rings is 1. The van der Waals surface area contributed by atoms with Crippen molar-refractivity contribution in [3.05, 3.63) is 24.3 Å². The average Bonchev–Trinajstić information content (AvgIpc) is 2.27. The van der Waals surface area contributed by atoms with E-state index in [1.807, 2.05) is 23.1 Å². The zero-order valence-corrected chi connectivity index (χ0v) is 12.5. The monoisotopic (exact) mass is 303 g/mol. The third kappa shape index (κ3) is 2.81. The van der Waals surface area contributed by atoms with Gasteiger partial charge in [-0.05, 0) is 12.1 Å². The molecule has 1 saturated heterocycles. The molecular weight excluding hydrogens is 285 g/mol. The van der Waals surface area contributed by atoms with Gasteiger partial charge in [0.2, 0.25) is 5.91 Å². The van der Waals surface area contributed by atoms with Gasteiger partial charge in [-0.25, -0.2) is 0 Å². The molecule has 3 rings (SSSR count). The van der Waals surface area contributed by atoms with Crippen LogP contribution >= 0.6 is 24.8 Å². The van der Waals surface area contributed by atoms with Crippen LogP contribution in [0.1, 0.15) is 0 Å². The summed E-state index contributed by atoms with van der Waals surface area (Å²) < 4.78 is 0. The van der Waals surface area contributed by atoms with Gasteiger partial charge in [0.25, 0.3) is 0 Å². The van der Waals surface area contributed by atoms with Crippen LogP contribution in [0.5, 0.6) is 0 Å². The fourth-order valence-corrected chi connectivity index (χ4v) is 2.42. The van der Waals surface area contributed by atoms with E-state index in [2.05, 4.69) is 23.3 Å². The summed E-state index contributed by atoms with van der Waals surface area (Å²) in [7, 11) is 2.07. The van der Waals surface area contributed by atoms with Crippen LogP contribution in [-0.4, -0.2) is 39.1 Å². The Morgan fingerprint density at radius 1 is 1.16 bits per heavy atom. The molecule has 1 fully saturated rings. The maximum Gasteiger partial charge on any atom is 0.232 e. The van der Waals surface area contributed by atoms with Crippen molar-refractivity contribution in [2.24, 2.45) is 5.92 Å². The molecule has 2 aliphatic heterocycles. The zero-order valence-electron chi connectivity index (χ0n) is 10.8. The summed E-state index contributed by atoms with van der Waals surface area (Å²) in [6, 6.07) is 8.13. The van der Waals surface area contributed by atoms with Crippen LogP contribution in [0.15, 0.2) is 24.3 Å². The Kier molecular flexibility index (Phi) is 5.47. The van der Waals surface area contributed by atoms with E-state index in [1.165, 1.54) is 0 Å². The zero-order chi connectivity index (χ0) is 11.8. The minimum Gasteiger partial charge on any atom is -0.371 e. The van der Waals surface area contributed by atoms with Gasteiger partial charge in [0.05, 0.1) is 17.3 Å². The quantitative estimate of drug-likeness (QED) is 0.855. The molecule has 0 saturated carbocycles. The van der Waals surface area contributed by atoms with Crippen LogP contribution in [0, 0.1) is 5.92 Å². The van der Waals surface area contributed by atoms with Gasteiger partial charge in [0.15, 0.2) is 0 Å². The molecule has 2 aliphatic rings. The predicted molar refractivity (Wildman–Crippen MR) is 82.9 cm³/mol. The highest BCUT2D eigenvalue weighted by Crippen LogP contribution is 2.32. The lowest BCUT2D eigenvalue weighted by Gasteiger charge is -2.39. The molecule has 1 aromatic rings. The van der Waals surface area contributed by atoms with E-state index in [0.29, 0.717) is 0 Å². The molecule has 1 N–H and O–H groups in total. The van der Waals surface area contributed by atoms with Crippen LogP contribution in [0.25, 0.3) is 0 Å². The van der Waals surface area contributed by atoms with Crippen LogP contribution in [0.3, 0.4) is 0 Å². The topological polar surface area (TPSA) is 35.6 Å². The molecule has 106 valence electrons. The van der Waals surface area contributed by atoms with Gasteiger partial charge < -0.3 is 15.1 Å². The van der Waals surface area contributed by atoms with Crippen molar-refractivity contribution in [3.8, 4) is 0 Å². The molecule has 0 atom stereocenters. The summed E-state index contributed by atoms with van der Waals surface area (Å²) in [5.74, 6) is 0.441. The summed E-state index contributed by atoms with van der Waals surface area (Å²) in [4.78, 5) is 16.5. The summed E-state index contributed by atoms with van der Waals surface area (Å²) in [5.41, 5.74) is 2.21. The van der Waals surface area contributed by atoms with Crippen LogP contribution < -0.4 is 15.1 Å². The SMILES string of the molecule is CN1CCN(C(=O)C2CNC2)c2ccccc21.Cl.Cl. The van der Waals surface area contributed by atoms with Gasteiger partial charge >= 0.3 is 0 Å². The lowest BCUT2D eigenvalue weighted by atomic mass is 10.0. The largest absolute Gasteiger partial charge is 0.371 e. The van der Waals surface area contributed by atoms with E-state index < -0.39 is 0 Å². The highest BCUT2D eigenvalue weighted by atomic mass is 35.5. The molecule has 0 aromatic heterocycles. The van der Waals surface area contributed by atoms with Gasteiger partial charge in [0.1, 0.15) is 0 Å². The van der Waals surface area contributed by atoms with E-state index in [9.17, 15) is 4.79 Å². The van der Waals surface area contributed by atoms with E-state index in [0.717, 1.165) is 37.6 Å². The first-order valence-corrected chi connectivity index (χ1v) is 6.09. The number of hydrogen-bond donors (Lipinski definition) is 1. The maximum absolute atomic E-state index is 12.3. The third-order valence-electron chi connectivity index (χ3n) is 3.64. The second-order valence-electron chi connectivity index (χ2n) is 4.76. The minimum atomic E-state index is 0. The molecule has 19 heavy (non-hydrogen) atoms. The molecule has 0 aliphatic carbocycles. The number of rotatable bonds is 1. The summed E-state index contributed by atoms with van der Waals surface area (Å²) in [5, 5.41) is 3.16. The number of halogens is 2. The van der Waals surface area contributed by atoms with Crippen molar-refractivity contribution < 1.29 is 4.79 Å². The first kappa shape index (κ1) is 16.1. The van der Waals surface area contributed by atoms with Crippen molar-refractivity contribution in [2.75, 3.05) is 43.0 Å². The molecule has 0 unspecified atom stereocenters. The number of likely N-dealkylation sites (N-methyl/N-ethyl adjacent to an activating group) is 1. The lowest BCUT2D eigenvalue weighted by Crippen LogP contribution is -2.54. The standard InChI is InChI=1S/C13H17N3O.2ClH/c1-15-6-7-16(13(17)10-8-14-9-10)12-5-3-2-4-11(12)15;;/h2-5,10,14H,6-9H2,1H3;2*1H. The number of carbonyl (C=O) groups excluding carboxylic acids is 1. The van der Waals surface area contributed by atoms with Crippen molar-refractivity contribution in [2.45, 2.75) is 0 Å². The number of hydrogen-bond acceptors (Lipinski definition) is 3. The predicted octanol–water partition coefficient (Wildman–Crippen LogP) is 1.53. The number of anilines is 2. The van der Waals surface area contributed by atoms with E-state index in [1.54, 1.807) is 0 Å². The Morgan fingerprint density at radius 2 is 1.79 bits per heavy atom. The van der Waals surface area contributed by atoms with Gasteiger partial charge in [-0.15, -0.1) is 24.8 Å². The van der Waals surface area contributed by atoms with Crippen LogP contribution in [0.4, 0.5) is 11.4 Å². The second-order valence-corrected chi connectivity index (χ2v) is 4.76. The number of nitrogens with zero attached hydrogens (tertiary/aromatic N) is 2. The molecule has 4 nitrogen and oxygen atoms in total. The summed E-state index contributed by atoms with van der Waals surface area (Å²) in [6.07, 6.45) is 0. The van der Waals surface area contributed by atoms with Gasteiger partial charge in [-0.1, -0.05) is 12.1 Å². The number of nitrogens with one attached hydrogen (secondary N) is 1. The lowest BCUT2D eigenvalue weighted by molar-refractivity contribution is -0.123. The number of para-hydroxylation sites is 2. The fourth-order valence-electron chi connectivity index (χ4n) is 2.42. The molecule has 2 heterocycles. The van der Waals surface area contributed by atoms with E-state index in [4.69, 9.17) is 0 Å². The second kappa shape index (κ2) is 6.46. The van der Waals surface area contributed by atoms with Crippen LogP contribution in [-0.2, 0) is 4.79 Å². The highest BCUT2D eigenvalue weighted by molar-refractivity contribution is 5.99. The maximum atomic E-state index is 12.3. The molecule has 0 bridgehead atoms. The van der Waals surface area contributed by atoms with Crippen molar-refractivity contribution in [1.82, 2.24) is 5.32 Å². The fraction of sp³-hybridized carbons (Fsp3) is 0.462. The van der Waals surface area contributed by atoms with Gasteiger partial charge in [-0.2, -0.15) is 0 Å². The van der Waals surface area contributed by atoms with Crippen molar-refractivity contribution >= 4 is 42.1 Å². The normalized spacial score (nSPS) is 17.7. The average molecular weight is 304 g/mol. The number of carbonyl (C=O) groups is 1. The number of amides is 1. The van der Waals surface area contributed by atoms with E-state index in [-0.39, 0.29) is 36.6 Å². The van der Waals surface area contributed by atoms with Crippen molar-refractivity contribution in [3.63, 3.8) is 0 Å². The third-order valence-corrected chi connectivity index (χ3v) is 3.64.